The third kappa shape index (κ3) is 2.60. The highest BCUT2D eigenvalue weighted by molar-refractivity contribution is 7.89. The van der Waals surface area contributed by atoms with E-state index in [1.165, 1.54) is 18.2 Å². The summed E-state index contributed by atoms with van der Waals surface area (Å²) >= 11 is 0. The van der Waals surface area contributed by atoms with Crippen LogP contribution in [-0.4, -0.2) is 36.9 Å². The SMILES string of the molecule is CCN(CC1CC1)S(=O)(=O)c1c(C)oc(C)c1C(=O)O. The fourth-order valence-electron chi connectivity index (χ4n) is 2.34. The highest BCUT2D eigenvalue weighted by Crippen LogP contribution is 2.34. The molecule has 1 saturated carbocycles. The number of carbonyl (C=O) groups is 1. The second-order valence-corrected chi connectivity index (χ2v) is 7.00. The van der Waals surface area contributed by atoms with Crippen molar-refractivity contribution in [2.24, 2.45) is 5.92 Å². The summed E-state index contributed by atoms with van der Waals surface area (Å²) in [5, 5.41) is 9.23. The summed E-state index contributed by atoms with van der Waals surface area (Å²) < 4.78 is 31.9. The van der Waals surface area contributed by atoms with Gasteiger partial charge in [0, 0.05) is 13.1 Å². The second-order valence-electron chi connectivity index (χ2n) is 5.12. The van der Waals surface area contributed by atoms with Crippen molar-refractivity contribution in [3.63, 3.8) is 0 Å². The van der Waals surface area contributed by atoms with Crippen molar-refractivity contribution in [1.82, 2.24) is 4.31 Å². The van der Waals surface area contributed by atoms with Crippen LogP contribution in [-0.2, 0) is 10.0 Å². The Balaban J connectivity index is 2.49. The number of hydrogen-bond acceptors (Lipinski definition) is 4. The van der Waals surface area contributed by atoms with Crippen LogP contribution in [0.4, 0.5) is 0 Å². The van der Waals surface area contributed by atoms with Gasteiger partial charge in [0.05, 0.1) is 0 Å². The summed E-state index contributed by atoms with van der Waals surface area (Å²) in [4.78, 5) is 11.1. The number of rotatable bonds is 6. The highest BCUT2D eigenvalue weighted by Gasteiger charge is 2.37. The van der Waals surface area contributed by atoms with Gasteiger partial charge in [-0.05, 0) is 32.6 Å². The minimum atomic E-state index is -3.83. The molecule has 20 heavy (non-hydrogen) atoms. The molecule has 1 N–H and O–H groups in total. The number of furan rings is 1. The van der Waals surface area contributed by atoms with Crippen LogP contribution in [0.5, 0.6) is 0 Å². The first-order valence-electron chi connectivity index (χ1n) is 6.62. The predicted octanol–water partition coefficient (Wildman–Crippen LogP) is 2.02. The number of carboxylic acid groups (broad SMARTS) is 1. The van der Waals surface area contributed by atoms with Crippen molar-refractivity contribution in [2.75, 3.05) is 13.1 Å². The molecule has 0 bridgehead atoms. The fraction of sp³-hybridized carbons (Fsp3) is 0.615. The van der Waals surface area contributed by atoms with Gasteiger partial charge in [0.1, 0.15) is 22.0 Å². The Kier molecular flexibility index (Phi) is 3.93. The number of aromatic carboxylic acids is 1. The first kappa shape index (κ1) is 15.1. The highest BCUT2D eigenvalue weighted by atomic mass is 32.2. The molecule has 1 aromatic heterocycles. The van der Waals surface area contributed by atoms with E-state index in [4.69, 9.17) is 4.42 Å². The molecule has 1 fully saturated rings. The molecule has 0 unspecified atom stereocenters. The lowest BCUT2D eigenvalue weighted by molar-refractivity contribution is 0.0691. The molecule has 1 aliphatic carbocycles. The summed E-state index contributed by atoms with van der Waals surface area (Å²) in [6.45, 7) is 5.47. The molecule has 0 radical (unpaired) electrons. The lowest BCUT2D eigenvalue weighted by Crippen LogP contribution is -2.33. The molecule has 0 amide bonds. The van der Waals surface area contributed by atoms with Gasteiger partial charge in [-0.2, -0.15) is 4.31 Å². The van der Waals surface area contributed by atoms with Crippen molar-refractivity contribution in [1.29, 1.82) is 0 Å². The normalized spacial score (nSPS) is 15.8. The zero-order valence-corrected chi connectivity index (χ0v) is 12.7. The molecular formula is C13H19NO5S. The van der Waals surface area contributed by atoms with Gasteiger partial charge in [0.2, 0.25) is 10.0 Å². The van der Waals surface area contributed by atoms with E-state index in [9.17, 15) is 18.3 Å². The molecule has 1 aromatic rings. The van der Waals surface area contributed by atoms with Crippen molar-refractivity contribution < 1.29 is 22.7 Å². The second kappa shape index (κ2) is 5.21. The molecule has 2 rings (SSSR count). The molecule has 1 heterocycles. The number of sulfonamides is 1. The largest absolute Gasteiger partial charge is 0.478 e. The Bertz CT molecular complexity index is 627. The van der Waals surface area contributed by atoms with Gasteiger partial charge in [0.15, 0.2) is 0 Å². The van der Waals surface area contributed by atoms with Crippen LogP contribution < -0.4 is 0 Å². The summed E-state index contributed by atoms with van der Waals surface area (Å²) in [5.41, 5.74) is -0.253. The average Bonchev–Trinajstić information content (AvgIpc) is 3.09. The lowest BCUT2D eigenvalue weighted by atomic mass is 10.2. The van der Waals surface area contributed by atoms with Crippen molar-refractivity contribution in [3.05, 3.63) is 17.1 Å². The number of carboxylic acids is 1. The maximum atomic E-state index is 12.7. The van der Waals surface area contributed by atoms with Crippen LogP contribution in [0.15, 0.2) is 9.31 Å². The summed E-state index contributed by atoms with van der Waals surface area (Å²) in [6.07, 6.45) is 2.06. The van der Waals surface area contributed by atoms with Gasteiger partial charge >= 0.3 is 5.97 Å². The van der Waals surface area contributed by atoms with Gasteiger partial charge in [0.25, 0.3) is 0 Å². The standard InChI is InChI=1S/C13H19NO5S/c1-4-14(7-10-5-6-10)20(17,18)12-9(3)19-8(2)11(12)13(15)16/h10H,4-7H2,1-3H3,(H,15,16). The molecule has 0 aromatic carbocycles. The summed E-state index contributed by atoms with van der Waals surface area (Å²) in [7, 11) is -3.83. The van der Waals surface area contributed by atoms with E-state index in [-0.39, 0.29) is 22.0 Å². The van der Waals surface area contributed by atoms with Gasteiger partial charge in [-0.15, -0.1) is 0 Å². The first-order valence-corrected chi connectivity index (χ1v) is 8.06. The Morgan fingerprint density at radius 1 is 1.35 bits per heavy atom. The average molecular weight is 301 g/mol. The molecule has 0 aliphatic heterocycles. The molecule has 6 nitrogen and oxygen atoms in total. The third-order valence-electron chi connectivity index (χ3n) is 3.53. The van der Waals surface area contributed by atoms with Gasteiger partial charge in [-0.25, -0.2) is 13.2 Å². The van der Waals surface area contributed by atoms with Crippen LogP contribution in [0.25, 0.3) is 0 Å². The van der Waals surface area contributed by atoms with Crippen molar-refractivity contribution in [2.45, 2.75) is 38.5 Å². The van der Waals surface area contributed by atoms with Crippen molar-refractivity contribution >= 4 is 16.0 Å². The summed E-state index contributed by atoms with van der Waals surface area (Å²) in [6, 6.07) is 0. The molecule has 112 valence electrons. The van der Waals surface area contributed by atoms with Crippen LogP contribution in [0.1, 0.15) is 41.6 Å². The van der Waals surface area contributed by atoms with E-state index in [0.717, 1.165) is 12.8 Å². The van der Waals surface area contributed by atoms with Gasteiger partial charge < -0.3 is 9.52 Å². The molecule has 0 spiro atoms. The van der Waals surface area contributed by atoms with Crippen LogP contribution in [0.2, 0.25) is 0 Å². The zero-order valence-electron chi connectivity index (χ0n) is 11.8. The molecule has 1 aliphatic rings. The maximum Gasteiger partial charge on any atom is 0.340 e. The lowest BCUT2D eigenvalue weighted by Gasteiger charge is -2.20. The minimum Gasteiger partial charge on any atom is -0.478 e. The van der Waals surface area contributed by atoms with E-state index >= 15 is 0 Å². The fourth-order valence-corrected chi connectivity index (χ4v) is 4.24. The smallest absolute Gasteiger partial charge is 0.340 e. The van der Waals surface area contributed by atoms with Crippen LogP contribution in [0.3, 0.4) is 0 Å². The van der Waals surface area contributed by atoms with Crippen LogP contribution in [0, 0.1) is 19.8 Å². The van der Waals surface area contributed by atoms with Crippen LogP contribution >= 0.6 is 0 Å². The van der Waals surface area contributed by atoms with E-state index in [0.29, 0.717) is 19.0 Å². The topological polar surface area (TPSA) is 87.8 Å². The Hall–Kier alpha value is -1.34. The Morgan fingerprint density at radius 2 is 1.95 bits per heavy atom. The molecule has 0 atom stereocenters. The van der Waals surface area contributed by atoms with Gasteiger partial charge in [-0.1, -0.05) is 6.92 Å². The Morgan fingerprint density at radius 3 is 2.40 bits per heavy atom. The number of hydrogen-bond donors (Lipinski definition) is 1. The minimum absolute atomic E-state index is 0.121. The van der Waals surface area contributed by atoms with E-state index in [1.807, 2.05) is 0 Å². The van der Waals surface area contributed by atoms with E-state index in [2.05, 4.69) is 0 Å². The monoisotopic (exact) mass is 301 g/mol. The predicted molar refractivity (Wildman–Crippen MR) is 72.3 cm³/mol. The first-order chi connectivity index (χ1) is 9.28. The molecule has 7 heteroatoms. The quantitative estimate of drug-likeness (QED) is 0.868. The third-order valence-corrected chi connectivity index (χ3v) is 5.62. The molecular weight excluding hydrogens is 282 g/mol. The Labute approximate surface area is 118 Å². The zero-order chi connectivity index (χ0) is 15.1. The summed E-state index contributed by atoms with van der Waals surface area (Å²) in [5.74, 6) is -0.628. The van der Waals surface area contributed by atoms with E-state index in [1.54, 1.807) is 6.92 Å². The number of aryl methyl sites for hydroxylation is 2. The van der Waals surface area contributed by atoms with E-state index < -0.39 is 16.0 Å². The van der Waals surface area contributed by atoms with Gasteiger partial charge in [-0.3, -0.25) is 0 Å². The maximum absolute atomic E-state index is 12.7. The van der Waals surface area contributed by atoms with Crippen molar-refractivity contribution in [3.8, 4) is 0 Å². The number of nitrogens with zero attached hydrogens (tertiary/aromatic N) is 1. The molecule has 0 saturated heterocycles.